The average Bonchev–Trinajstić information content (AvgIpc) is 2.52. The molecule has 0 aliphatic heterocycles. The van der Waals surface area contributed by atoms with E-state index in [9.17, 15) is 5.11 Å². The molecule has 0 saturated carbocycles. The zero-order valence-corrected chi connectivity index (χ0v) is 8.81. The summed E-state index contributed by atoms with van der Waals surface area (Å²) in [4.78, 5) is 0. The Hall–Kier alpha value is -0.870. The first kappa shape index (κ1) is 11.2. The van der Waals surface area contributed by atoms with E-state index in [4.69, 9.17) is 4.74 Å². The normalized spacial score (nSPS) is 13.1. The van der Waals surface area contributed by atoms with Crippen LogP contribution in [-0.4, -0.2) is 34.2 Å². The Bertz CT molecular complexity index is 260. The second kappa shape index (κ2) is 5.78. The van der Waals surface area contributed by atoms with Crippen LogP contribution in [0.2, 0.25) is 0 Å². The number of aliphatic hydroxyl groups is 1. The number of hydrogen-bond acceptors (Lipinski definition) is 3. The van der Waals surface area contributed by atoms with Gasteiger partial charge in [0.2, 0.25) is 0 Å². The fourth-order valence-corrected chi connectivity index (χ4v) is 1.32. The van der Waals surface area contributed by atoms with Crippen molar-refractivity contribution in [1.29, 1.82) is 0 Å². The molecule has 0 bridgehead atoms. The third kappa shape index (κ3) is 3.89. The Kier molecular flexibility index (Phi) is 4.62. The van der Waals surface area contributed by atoms with Gasteiger partial charge in [-0.1, -0.05) is 0 Å². The molecule has 1 atom stereocenters. The number of aliphatic hydroxyl groups excluding tert-OH is 1. The molecule has 1 unspecified atom stereocenters. The minimum atomic E-state index is -0.328. The van der Waals surface area contributed by atoms with Crippen LogP contribution in [0.3, 0.4) is 0 Å². The van der Waals surface area contributed by atoms with Crippen molar-refractivity contribution in [1.82, 2.24) is 9.78 Å². The second-order valence-corrected chi connectivity index (χ2v) is 3.37. The van der Waals surface area contributed by atoms with Gasteiger partial charge in [-0.05, 0) is 18.9 Å². The Morgan fingerprint density at radius 3 is 3.00 bits per heavy atom. The van der Waals surface area contributed by atoms with Crippen LogP contribution in [0.5, 0.6) is 0 Å². The first-order chi connectivity index (χ1) is 6.72. The molecule has 4 nitrogen and oxygen atoms in total. The van der Waals surface area contributed by atoms with E-state index in [1.807, 2.05) is 20.2 Å². The first-order valence-corrected chi connectivity index (χ1v) is 4.95. The molecule has 0 aliphatic carbocycles. The van der Waals surface area contributed by atoms with Crippen molar-refractivity contribution in [3.8, 4) is 0 Å². The summed E-state index contributed by atoms with van der Waals surface area (Å²) in [7, 11) is 1.87. The van der Waals surface area contributed by atoms with Crippen molar-refractivity contribution in [2.24, 2.45) is 7.05 Å². The minimum Gasteiger partial charge on any atom is -0.393 e. The van der Waals surface area contributed by atoms with E-state index in [1.165, 1.54) is 0 Å². The lowest BCUT2D eigenvalue weighted by molar-refractivity contribution is 0.0887. The lowest BCUT2D eigenvalue weighted by Gasteiger charge is -2.08. The first-order valence-electron chi connectivity index (χ1n) is 4.95. The zero-order valence-electron chi connectivity index (χ0n) is 8.81. The molecule has 0 aliphatic rings. The molecular weight excluding hydrogens is 180 g/mol. The Morgan fingerprint density at radius 1 is 1.64 bits per heavy atom. The van der Waals surface area contributed by atoms with Crippen molar-refractivity contribution in [3.05, 3.63) is 18.0 Å². The van der Waals surface area contributed by atoms with Gasteiger partial charge in [0, 0.05) is 32.9 Å². The maximum Gasteiger partial charge on any atom is 0.0603 e. The number of aromatic nitrogens is 2. The molecule has 1 heterocycles. The van der Waals surface area contributed by atoms with Crippen LogP contribution in [0.15, 0.2) is 12.4 Å². The van der Waals surface area contributed by atoms with Crippen molar-refractivity contribution in [3.63, 3.8) is 0 Å². The number of nitrogens with zero attached hydrogens (tertiary/aromatic N) is 2. The summed E-state index contributed by atoms with van der Waals surface area (Å²) in [5, 5.41) is 13.7. The van der Waals surface area contributed by atoms with Crippen LogP contribution in [0.25, 0.3) is 0 Å². The van der Waals surface area contributed by atoms with Crippen LogP contribution in [-0.2, 0) is 18.2 Å². The van der Waals surface area contributed by atoms with Gasteiger partial charge in [0.05, 0.1) is 12.3 Å². The molecule has 0 spiro atoms. The number of ether oxygens (including phenoxy) is 1. The highest BCUT2D eigenvalue weighted by atomic mass is 16.5. The predicted molar refractivity (Wildman–Crippen MR) is 54.0 cm³/mol. The molecular formula is C10H18N2O2. The third-order valence-electron chi connectivity index (χ3n) is 2.03. The maximum atomic E-state index is 9.62. The summed E-state index contributed by atoms with van der Waals surface area (Å²) >= 11 is 0. The maximum absolute atomic E-state index is 9.62. The molecule has 1 N–H and O–H groups in total. The third-order valence-corrected chi connectivity index (χ3v) is 2.03. The fraction of sp³-hybridized carbons (Fsp3) is 0.700. The van der Waals surface area contributed by atoms with Crippen molar-refractivity contribution >= 4 is 0 Å². The monoisotopic (exact) mass is 198 g/mol. The molecule has 0 amide bonds. The molecule has 14 heavy (non-hydrogen) atoms. The smallest absolute Gasteiger partial charge is 0.0603 e. The molecule has 1 aromatic heterocycles. The molecule has 4 heteroatoms. The molecule has 80 valence electrons. The molecule has 1 aromatic rings. The molecule has 0 fully saturated rings. The van der Waals surface area contributed by atoms with Gasteiger partial charge >= 0.3 is 0 Å². The predicted octanol–water partition coefficient (Wildman–Crippen LogP) is 0.750. The Balaban J connectivity index is 2.23. The van der Waals surface area contributed by atoms with Crippen LogP contribution in [0.4, 0.5) is 0 Å². The highest BCUT2D eigenvalue weighted by Crippen LogP contribution is 2.04. The quantitative estimate of drug-likeness (QED) is 0.686. The molecule has 0 aromatic carbocycles. The van der Waals surface area contributed by atoms with Crippen molar-refractivity contribution < 1.29 is 9.84 Å². The highest BCUT2D eigenvalue weighted by Gasteiger charge is 2.06. The van der Waals surface area contributed by atoms with E-state index in [0.717, 1.165) is 5.56 Å². The summed E-state index contributed by atoms with van der Waals surface area (Å²) in [6.07, 6.45) is 4.71. The zero-order chi connectivity index (χ0) is 10.4. The van der Waals surface area contributed by atoms with E-state index in [0.29, 0.717) is 26.1 Å². The second-order valence-electron chi connectivity index (χ2n) is 3.37. The van der Waals surface area contributed by atoms with Gasteiger partial charge in [-0.25, -0.2) is 0 Å². The highest BCUT2D eigenvalue weighted by molar-refractivity contribution is 5.04. The lowest BCUT2D eigenvalue weighted by atomic mass is 10.1. The van der Waals surface area contributed by atoms with E-state index in [2.05, 4.69) is 5.10 Å². The summed E-state index contributed by atoms with van der Waals surface area (Å²) < 4.78 is 6.91. The topological polar surface area (TPSA) is 47.3 Å². The van der Waals surface area contributed by atoms with E-state index in [-0.39, 0.29) is 6.10 Å². The fourth-order valence-electron chi connectivity index (χ4n) is 1.32. The van der Waals surface area contributed by atoms with Gasteiger partial charge in [0.25, 0.3) is 0 Å². The van der Waals surface area contributed by atoms with Gasteiger partial charge in [-0.2, -0.15) is 5.10 Å². The summed E-state index contributed by atoms with van der Waals surface area (Å²) in [5.74, 6) is 0. The standard InChI is InChI=1S/C10H18N2O2/c1-3-14-5-4-10(13)6-9-7-11-12(2)8-9/h7-8,10,13H,3-6H2,1-2H3. The SMILES string of the molecule is CCOCCC(O)Cc1cnn(C)c1. The van der Waals surface area contributed by atoms with Gasteiger partial charge < -0.3 is 9.84 Å². The van der Waals surface area contributed by atoms with E-state index >= 15 is 0 Å². The number of hydrogen-bond donors (Lipinski definition) is 1. The van der Waals surface area contributed by atoms with E-state index in [1.54, 1.807) is 10.9 Å². The van der Waals surface area contributed by atoms with Crippen molar-refractivity contribution in [2.75, 3.05) is 13.2 Å². The Morgan fingerprint density at radius 2 is 2.43 bits per heavy atom. The van der Waals surface area contributed by atoms with E-state index < -0.39 is 0 Å². The van der Waals surface area contributed by atoms with Crippen molar-refractivity contribution in [2.45, 2.75) is 25.9 Å². The molecule has 1 rings (SSSR count). The number of rotatable bonds is 6. The van der Waals surface area contributed by atoms with Gasteiger partial charge in [-0.3, -0.25) is 4.68 Å². The lowest BCUT2D eigenvalue weighted by Crippen LogP contribution is -2.13. The summed E-state index contributed by atoms with van der Waals surface area (Å²) in [6.45, 7) is 3.28. The van der Waals surface area contributed by atoms with Crippen LogP contribution in [0, 0.1) is 0 Å². The van der Waals surface area contributed by atoms with Crippen LogP contribution < -0.4 is 0 Å². The van der Waals surface area contributed by atoms with Gasteiger partial charge in [-0.15, -0.1) is 0 Å². The summed E-state index contributed by atoms with van der Waals surface area (Å²) in [5.41, 5.74) is 1.07. The van der Waals surface area contributed by atoms with Crippen LogP contribution in [0.1, 0.15) is 18.9 Å². The van der Waals surface area contributed by atoms with Gasteiger partial charge in [0.15, 0.2) is 0 Å². The van der Waals surface area contributed by atoms with Crippen LogP contribution >= 0.6 is 0 Å². The average molecular weight is 198 g/mol. The summed E-state index contributed by atoms with van der Waals surface area (Å²) in [6, 6.07) is 0. The largest absolute Gasteiger partial charge is 0.393 e. The molecule has 0 saturated heterocycles. The minimum absolute atomic E-state index is 0.328. The Labute approximate surface area is 84.5 Å². The molecule has 0 radical (unpaired) electrons. The van der Waals surface area contributed by atoms with Gasteiger partial charge in [0.1, 0.15) is 0 Å². The number of aryl methyl sites for hydroxylation is 1.